The maximum Gasteiger partial charge on any atom is 0.192 e. The molecule has 0 spiro atoms. The highest BCUT2D eigenvalue weighted by atomic mass is 35.5. The van der Waals surface area contributed by atoms with Crippen molar-refractivity contribution < 1.29 is 17.7 Å². The van der Waals surface area contributed by atoms with Gasteiger partial charge >= 0.3 is 0 Å². The van der Waals surface area contributed by atoms with Crippen LogP contribution in [0, 0.1) is 11.3 Å². The van der Waals surface area contributed by atoms with E-state index in [9.17, 15) is 5.26 Å². The average Bonchev–Trinajstić information content (AvgIpc) is 3.06. The molecule has 334 valence electrons. The van der Waals surface area contributed by atoms with Crippen LogP contribution in [0.1, 0.15) is 99.8 Å². The number of likely N-dealkylation sites (tertiary alicyclic amines) is 1. The van der Waals surface area contributed by atoms with Crippen molar-refractivity contribution >= 4 is 50.6 Å². The largest absolute Gasteiger partial charge is 0.415 e. The molecule has 4 atom stereocenters. The van der Waals surface area contributed by atoms with Gasteiger partial charge in [0.15, 0.2) is 33.3 Å². The number of halogens is 1. The zero-order valence-electron chi connectivity index (χ0n) is 41.0. The Kier molecular flexibility index (Phi) is 16.9. The molecule has 0 radical (unpaired) electrons. The zero-order valence-corrected chi connectivity index (χ0v) is 45.8. The van der Waals surface area contributed by atoms with Gasteiger partial charge in [0.2, 0.25) is 0 Å². The zero-order chi connectivity index (χ0) is 45.2. The molecular weight excluding hydrogens is 818 g/mol. The summed E-state index contributed by atoms with van der Waals surface area (Å²) in [6.07, 6.45) is 1.21. The standard InChI is InChI=1S/C47H84ClN3O4Si4/c1-44(2,3)56(13,14)52-34-40-42(54-58(17,18)46(7,8)9)43(55-59(19,20)47(10,11)12)41(53-57(15,16)45(4,5)6)33-51(40)28-26-36-23-21-35(22-24-36)25-27-50-39-30-37(32-49)29-38(48)31-39/h21-24,29-31,40-43,50H,25-28,33-34H2,1-20H3/t40-,41+,42-,43-/m1/s1. The van der Waals surface area contributed by atoms with Crippen LogP contribution in [0.4, 0.5) is 5.69 Å². The highest BCUT2D eigenvalue weighted by Crippen LogP contribution is 2.46. The molecule has 0 bridgehead atoms. The number of piperidine rings is 1. The number of rotatable bonds is 16. The van der Waals surface area contributed by atoms with Gasteiger partial charge in [-0.1, -0.05) is 119 Å². The number of benzene rings is 2. The second kappa shape index (κ2) is 19.2. The van der Waals surface area contributed by atoms with Crippen molar-refractivity contribution in [2.75, 3.05) is 31.6 Å². The lowest BCUT2D eigenvalue weighted by Gasteiger charge is -2.56. The highest BCUT2D eigenvalue weighted by molar-refractivity contribution is 6.75. The first-order valence-electron chi connectivity index (χ1n) is 22.0. The van der Waals surface area contributed by atoms with E-state index in [0.717, 1.165) is 38.2 Å². The van der Waals surface area contributed by atoms with Crippen LogP contribution in [0.3, 0.4) is 0 Å². The van der Waals surface area contributed by atoms with Crippen LogP contribution in [0.2, 0.25) is 77.6 Å². The molecule has 0 amide bonds. The van der Waals surface area contributed by atoms with Gasteiger partial charge in [0, 0.05) is 30.3 Å². The monoisotopic (exact) mass is 902 g/mol. The number of nitrogens with one attached hydrogen (secondary N) is 1. The third-order valence-corrected chi connectivity index (χ3v) is 32.8. The third kappa shape index (κ3) is 13.8. The summed E-state index contributed by atoms with van der Waals surface area (Å²) in [5.41, 5.74) is 3.99. The smallest absolute Gasteiger partial charge is 0.192 e. The molecule has 1 aliphatic heterocycles. The quantitative estimate of drug-likeness (QED) is 0.168. The second-order valence-electron chi connectivity index (χ2n) is 23.3. The summed E-state index contributed by atoms with van der Waals surface area (Å²) >= 11 is 6.23. The number of nitrogens with zero attached hydrogens (tertiary/aromatic N) is 2. The molecule has 12 heteroatoms. The van der Waals surface area contributed by atoms with E-state index in [4.69, 9.17) is 29.3 Å². The maximum absolute atomic E-state index is 9.34. The first-order chi connectivity index (χ1) is 26.6. The summed E-state index contributed by atoms with van der Waals surface area (Å²) in [5.74, 6) is 0. The van der Waals surface area contributed by atoms with Gasteiger partial charge in [-0.05, 0) is 115 Å². The fraction of sp³-hybridized carbons (Fsp3) is 0.723. The Morgan fingerprint density at radius 1 is 0.661 bits per heavy atom. The minimum absolute atomic E-state index is 0.00525. The number of anilines is 1. The molecule has 1 aliphatic rings. The van der Waals surface area contributed by atoms with E-state index < -0.39 is 33.3 Å². The lowest BCUT2D eigenvalue weighted by Crippen LogP contribution is -2.70. The molecule has 7 nitrogen and oxygen atoms in total. The molecule has 0 aromatic heterocycles. The fourth-order valence-electron chi connectivity index (χ4n) is 6.31. The van der Waals surface area contributed by atoms with Crippen molar-refractivity contribution in [3.8, 4) is 6.07 Å². The Bertz CT molecular complexity index is 1720. The topological polar surface area (TPSA) is 76.0 Å². The molecule has 1 saturated heterocycles. The molecule has 3 rings (SSSR count). The van der Waals surface area contributed by atoms with E-state index in [2.05, 4.69) is 176 Å². The van der Waals surface area contributed by atoms with Gasteiger partial charge in [-0.2, -0.15) is 5.26 Å². The van der Waals surface area contributed by atoms with Gasteiger partial charge < -0.3 is 23.0 Å². The fourth-order valence-corrected chi connectivity index (χ4v) is 11.5. The highest BCUT2D eigenvalue weighted by Gasteiger charge is 2.55. The molecule has 0 unspecified atom stereocenters. The second-order valence-corrected chi connectivity index (χ2v) is 42.8. The molecule has 59 heavy (non-hydrogen) atoms. The van der Waals surface area contributed by atoms with Crippen LogP contribution in [0.5, 0.6) is 0 Å². The summed E-state index contributed by atoms with van der Waals surface area (Å²) in [6, 6.07) is 16.6. The minimum Gasteiger partial charge on any atom is -0.415 e. The Morgan fingerprint density at radius 3 is 1.59 bits per heavy atom. The predicted molar refractivity (Wildman–Crippen MR) is 263 cm³/mol. The summed E-state index contributed by atoms with van der Waals surface area (Å²) in [6.45, 7) is 50.1. The molecule has 0 saturated carbocycles. The van der Waals surface area contributed by atoms with E-state index >= 15 is 0 Å². The van der Waals surface area contributed by atoms with Crippen molar-refractivity contribution in [2.24, 2.45) is 0 Å². The van der Waals surface area contributed by atoms with Crippen LogP contribution in [-0.2, 0) is 30.5 Å². The molecule has 1 N–H and O–H groups in total. The van der Waals surface area contributed by atoms with E-state index in [-0.39, 0.29) is 44.5 Å². The van der Waals surface area contributed by atoms with Crippen LogP contribution in [0.25, 0.3) is 0 Å². The van der Waals surface area contributed by atoms with Crippen molar-refractivity contribution in [1.29, 1.82) is 5.26 Å². The minimum atomic E-state index is -2.30. The van der Waals surface area contributed by atoms with E-state index in [0.29, 0.717) is 17.2 Å². The van der Waals surface area contributed by atoms with Crippen molar-refractivity contribution in [3.63, 3.8) is 0 Å². The average molecular weight is 903 g/mol. The molecule has 1 fully saturated rings. The van der Waals surface area contributed by atoms with E-state index in [1.54, 1.807) is 6.07 Å². The van der Waals surface area contributed by atoms with Crippen LogP contribution < -0.4 is 5.32 Å². The normalized spacial score (nSPS) is 20.7. The van der Waals surface area contributed by atoms with Gasteiger partial charge in [-0.25, -0.2) is 0 Å². The van der Waals surface area contributed by atoms with Gasteiger partial charge in [0.05, 0.1) is 42.6 Å². The summed E-state index contributed by atoms with van der Waals surface area (Å²) in [5, 5.41) is 13.5. The Balaban J connectivity index is 2.06. The van der Waals surface area contributed by atoms with Gasteiger partial charge in [0.1, 0.15) is 0 Å². The molecule has 2 aromatic rings. The van der Waals surface area contributed by atoms with Crippen molar-refractivity contribution in [2.45, 2.75) is 193 Å². The van der Waals surface area contributed by atoms with Gasteiger partial charge in [-0.15, -0.1) is 0 Å². The van der Waals surface area contributed by atoms with Crippen molar-refractivity contribution in [3.05, 3.63) is 64.2 Å². The summed E-state index contributed by atoms with van der Waals surface area (Å²) < 4.78 is 30.1. The molecular formula is C47H84ClN3O4Si4. The Labute approximate surface area is 371 Å². The summed E-state index contributed by atoms with van der Waals surface area (Å²) in [7, 11) is -8.91. The third-order valence-electron chi connectivity index (χ3n) is 14.6. The SMILES string of the molecule is CC(C)(C)[Si](C)(C)OC[C@@H]1[C@@H](O[Si](C)(C)C(C)(C)C)[C@H](O[Si](C)(C)C(C)(C)C)[C@@H](O[Si](C)(C)C(C)(C)C)CN1CCc1ccc(CCNc2cc(Cl)cc(C#N)c2)cc1. The Hall–Kier alpha value is -1.31. The first kappa shape index (κ1) is 52.0. The molecule has 1 heterocycles. The Morgan fingerprint density at radius 2 is 1.12 bits per heavy atom. The first-order valence-corrected chi connectivity index (χ1v) is 34.1. The predicted octanol–water partition coefficient (Wildman–Crippen LogP) is 13.3. The number of nitriles is 1. The van der Waals surface area contributed by atoms with E-state index in [1.165, 1.54) is 11.1 Å². The van der Waals surface area contributed by atoms with Crippen LogP contribution in [0.15, 0.2) is 42.5 Å². The summed E-state index contributed by atoms with van der Waals surface area (Å²) in [4.78, 5) is 2.66. The van der Waals surface area contributed by atoms with Gasteiger partial charge in [0.25, 0.3) is 0 Å². The van der Waals surface area contributed by atoms with Crippen LogP contribution in [-0.4, -0.2) is 88.8 Å². The lowest BCUT2D eigenvalue weighted by molar-refractivity contribution is -0.128. The van der Waals surface area contributed by atoms with Gasteiger partial charge in [-0.3, -0.25) is 4.90 Å². The lowest BCUT2D eigenvalue weighted by atomic mass is 9.93. The van der Waals surface area contributed by atoms with Crippen LogP contribution >= 0.6 is 11.6 Å². The number of hydrogen-bond donors (Lipinski definition) is 1. The van der Waals surface area contributed by atoms with E-state index in [1.807, 2.05) is 12.1 Å². The molecule has 0 aliphatic carbocycles. The number of hydrogen-bond acceptors (Lipinski definition) is 7. The van der Waals surface area contributed by atoms with Crippen molar-refractivity contribution in [1.82, 2.24) is 4.90 Å². The maximum atomic E-state index is 9.34. The molecule has 2 aromatic carbocycles.